The van der Waals surface area contributed by atoms with E-state index in [1.54, 1.807) is 0 Å². The maximum atomic E-state index is 2.43. The van der Waals surface area contributed by atoms with Crippen LogP contribution in [0.15, 0.2) is 188 Å². The third kappa shape index (κ3) is 4.85. The minimum atomic E-state index is -0.0947. The molecular weight excluding hydrogens is 627 g/mol. The van der Waals surface area contributed by atoms with E-state index >= 15 is 0 Å². The molecule has 9 aromatic rings. The monoisotopic (exact) mass is 663 g/mol. The summed E-state index contributed by atoms with van der Waals surface area (Å²) >= 11 is 0. The Morgan fingerprint density at radius 3 is 1.79 bits per heavy atom. The summed E-state index contributed by atoms with van der Waals surface area (Å²) in [6, 6.07) is 69.2. The molecule has 1 aliphatic carbocycles. The predicted molar refractivity (Wildman–Crippen MR) is 222 cm³/mol. The van der Waals surface area contributed by atoms with E-state index in [0.29, 0.717) is 0 Å². The summed E-state index contributed by atoms with van der Waals surface area (Å²) in [5.41, 5.74) is 13.7. The Morgan fingerprint density at radius 1 is 0.327 bits per heavy atom. The van der Waals surface area contributed by atoms with Crippen LogP contribution in [0.3, 0.4) is 0 Å². The molecule has 0 amide bonds. The molecule has 1 nitrogen and oxygen atoms in total. The zero-order chi connectivity index (χ0) is 34.8. The Hall–Kier alpha value is -6.44. The zero-order valence-electron chi connectivity index (χ0n) is 29.3. The fourth-order valence-corrected chi connectivity index (χ4v) is 8.55. The van der Waals surface area contributed by atoms with Gasteiger partial charge < -0.3 is 4.90 Å². The molecule has 0 heterocycles. The molecule has 9 aromatic carbocycles. The quantitative estimate of drug-likeness (QED) is 0.166. The van der Waals surface area contributed by atoms with Gasteiger partial charge in [0.2, 0.25) is 0 Å². The summed E-state index contributed by atoms with van der Waals surface area (Å²) in [5.74, 6) is 0. The standard InChI is InChI=1S/C51H37N/c1-51(2)49-19-11-10-18-46(49)47-29-28-42(33-50(47)51)52(41-27-22-35-20-21-37(30-39(35)31-41)34-12-4-3-5-13-34)40-25-23-36(24-26-40)48-32-38-14-6-7-15-43(38)44-16-8-9-17-45(44)48/h3-33H,1-2H3. The average molecular weight is 664 g/mol. The van der Waals surface area contributed by atoms with Crippen molar-refractivity contribution in [3.8, 4) is 33.4 Å². The van der Waals surface area contributed by atoms with E-state index in [2.05, 4.69) is 207 Å². The Kier molecular flexibility index (Phi) is 6.91. The van der Waals surface area contributed by atoms with Crippen LogP contribution in [-0.4, -0.2) is 0 Å². The van der Waals surface area contributed by atoms with Crippen LogP contribution in [0, 0.1) is 0 Å². The van der Waals surface area contributed by atoms with Crippen molar-refractivity contribution in [3.63, 3.8) is 0 Å². The molecule has 52 heavy (non-hydrogen) atoms. The number of nitrogens with zero attached hydrogens (tertiary/aromatic N) is 1. The van der Waals surface area contributed by atoms with Crippen LogP contribution in [0.1, 0.15) is 25.0 Å². The smallest absolute Gasteiger partial charge is 0.0468 e. The number of anilines is 3. The van der Waals surface area contributed by atoms with Gasteiger partial charge in [-0.3, -0.25) is 0 Å². The van der Waals surface area contributed by atoms with Gasteiger partial charge in [-0.25, -0.2) is 0 Å². The normalized spacial score (nSPS) is 13.0. The Morgan fingerprint density at radius 2 is 0.942 bits per heavy atom. The van der Waals surface area contributed by atoms with Crippen LogP contribution >= 0.6 is 0 Å². The highest BCUT2D eigenvalue weighted by molar-refractivity contribution is 6.13. The molecule has 0 radical (unpaired) electrons. The summed E-state index contributed by atoms with van der Waals surface area (Å²) in [4.78, 5) is 2.43. The van der Waals surface area contributed by atoms with Crippen molar-refractivity contribution < 1.29 is 0 Å². The second-order valence-corrected chi connectivity index (χ2v) is 14.6. The van der Waals surface area contributed by atoms with E-state index < -0.39 is 0 Å². The lowest BCUT2D eigenvalue weighted by Gasteiger charge is -2.28. The maximum Gasteiger partial charge on any atom is 0.0468 e. The van der Waals surface area contributed by atoms with E-state index in [1.807, 2.05) is 0 Å². The van der Waals surface area contributed by atoms with Gasteiger partial charge in [0.1, 0.15) is 0 Å². The average Bonchev–Trinajstić information content (AvgIpc) is 3.43. The molecule has 10 rings (SSSR count). The van der Waals surface area contributed by atoms with Crippen LogP contribution < -0.4 is 4.90 Å². The SMILES string of the molecule is CC1(C)c2ccccc2-c2ccc(N(c3ccc(-c4cc5ccccc5c5ccccc45)cc3)c3ccc4ccc(-c5ccccc5)cc4c3)cc21. The number of benzene rings is 9. The molecule has 0 N–H and O–H groups in total. The first-order valence-corrected chi connectivity index (χ1v) is 18.2. The van der Waals surface area contributed by atoms with Gasteiger partial charge >= 0.3 is 0 Å². The number of hydrogen-bond donors (Lipinski definition) is 0. The van der Waals surface area contributed by atoms with Gasteiger partial charge in [0.25, 0.3) is 0 Å². The zero-order valence-corrected chi connectivity index (χ0v) is 29.3. The minimum absolute atomic E-state index is 0.0947. The van der Waals surface area contributed by atoms with Crippen molar-refractivity contribution >= 4 is 49.4 Å². The van der Waals surface area contributed by atoms with Crippen molar-refractivity contribution in [3.05, 3.63) is 199 Å². The molecule has 0 spiro atoms. The summed E-state index contributed by atoms with van der Waals surface area (Å²) < 4.78 is 0. The lowest BCUT2D eigenvalue weighted by Crippen LogP contribution is -2.16. The first kappa shape index (κ1) is 30.4. The highest BCUT2D eigenvalue weighted by Gasteiger charge is 2.35. The summed E-state index contributed by atoms with van der Waals surface area (Å²) in [6.07, 6.45) is 0. The molecule has 1 aliphatic rings. The molecule has 246 valence electrons. The van der Waals surface area contributed by atoms with Gasteiger partial charge in [0.15, 0.2) is 0 Å². The Labute approximate surface area is 305 Å². The van der Waals surface area contributed by atoms with Gasteiger partial charge in [0.05, 0.1) is 0 Å². The van der Waals surface area contributed by atoms with Gasteiger partial charge in [-0.2, -0.15) is 0 Å². The topological polar surface area (TPSA) is 3.24 Å². The number of fused-ring (bicyclic) bond motifs is 7. The Balaban J connectivity index is 1.13. The fourth-order valence-electron chi connectivity index (χ4n) is 8.55. The van der Waals surface area contributed by atoms with E-state index in [9.17, 15) is 0 Å². The van der Waals surface area contributed by atoms with Gasteiger partial charge in [-0.1, -0.05) is 153 Å². The van der Waals surface area contributed by atoms with Crippen LogP contribution in [0.5, 0.6) is 0 Å². The third-order valence-corrected chi connectivity index (χ3v) is 11.2. The van der Waals surface area contributed by atoms with Crippen LogP contribution in [0.4, 0.5) is 17.1 Å². The van der Waals surface area contributed by atoms with Gasteiger partial charge in [-0.15, -0.1) is 0 Å². The highest BCUT2D eigenvalue weighted by atomic mass is 15.1. The van der Waals surface area contributed by atoms with Crippen molar-refractivity contribution in [2.24, 2.45) is 0 Å². The molecule has 0 bridgehead atoms. The van der Waals surface area contributed by atoms with Gasteiger partial charge in [-0.05, 0) is 125 Å². The van der Waals surface area contributed by atoms with E-state index in [4.69, 9.17) is 0 Å². The van der Waals surface area contributed by atoms with Gasteiger partial charge in [0, 0.05) is 22.5 Å². The highest BCUT2D eigenvalue weighted by Crippen LogP contribution is 2.51. The predicted octanol–water partition coefficient (Wildman–Crippen LogP) is 14.3. The van der Waals surface area contributed by atoms with Crippen molar-refractivity contribution in [1.29, 1.82) is 0 Å². The molecule has 0 aromatic heterocycles. The van der Waals surface area contributed by atoms with Crippen molar-refractivity contribution in [2.45, 2.75) is 19.3 Å². The first-order valence-electron chi connectivity index (χ1n) is 18.2. The Bertz CT molecular complexity index is 2810. The van der Waals surface area contributed by atoms with Crippen molar-refractivity contribution in [1.82, 2.24) is 0 Å². The largest absolute Gasteiger partial charge is 0.310 e. The maximum absolute atomic E-state index is 2.43. The summed E-state index contributed by atoms with van der Waals surface area (Å²) in [5, 5.41) is 7.56. The van der Waals surface area contributed by atoms with E-state index in [0.717, 1.165) is 17.1 Å². The third-order valence-electron chi connectivity index (χ3n) is 11.2. The number of rotatable bonds is 5. The summed E-state index contributed by atoms with van der Waals surface area (Å²) in [6.45, 7) is 4.71. The van der Waals surface area contributed by atoms with E-state index in [1.165, 1.54) is 76.8 Å². The fraction of sp³-hybridized carbons (Fsp3) is 0.0588. The molecule has 0 atom stereocenters. The lowest BCUT2D eigenvalue weighted by molar-refractivity contribution is 0.660. The summed E-state index contributed by atoms with van der Waals surface area (Å²) in [7, 11) is 0. The van der Waals surface area contributed by atoms with E-state index in [-0.39, 0.29) is 5.41 Å². The second-order valence-electron chi connectivity index (χ2n) is 14.6. The van der Waals surface area contributed by atoms with Crippen LogP contribution in [0.2, 0.25) is 0 Å². The molecule has 0 aliphatic heterocycles. The molecule has 0 fully saturated rings. The molecule has 0 saturated heterocycles. The van der Waals surface area contributed by atoms with Crippen LogP contribution in [-0.2, 0) is 5.41 Å². The molecule has 1 heteroatoms. The minimum Gasteiger partial charge on any atom is -0.310 e. The number of hydrogen-bond acceptors (Lipinski definition) is 1. The molecule has 0 unspecified atom stereocenters. The van der Waals surface area contributed by atoms with Crippen LogP contribution in [0.25, 0.3) is 65.7 Å². The lowest BCUT2D eigenvalue weighted by atomic mass is 9.82. The second kappa shape index (κ2) is 11.8. The first-order chi connectivity index (χ1) is 25.5. The van der Waals surface area contributed by atoms with Crippen molar-refractivity contribution in [2.75, 3.05) is 4.90 Å². The molecular formula is C51H37N. The molecule has 0 saturated carbocycles.